The van der Waals surface area contributed by atoms with Gasteiger partial charge in [-0.2, -0.15) is 0 Å². The van der Waals surface area contributed by atoms with Gasteiger partial charge in [-0.15, -0.1) is 0 Å². The number of carbonyl (C=O) groups is 1. The molecule has 0 radical (unpaired) electrons. The Labute approximate surface area is 208 Å². The Balaban J connectivity index is 1.57. The van der Waals surface area contributed by atoms with Crippen molar-refractivity contribution in [2.75, 3.05) is 40.3 Å². The Hall–Kier alpha value is -3.57. The van der Waals surface area contributed by atoms with E-state index in [0.717, 1.165) is 51.9 Å². The molecule has 0 unspecified atom stereocenters. The SMILES string of the molecule is CN1CCC(c2cc([N+](=O)[O-])ccc2OC(=O)Oc2ccc([N+](=O)[O-])cc2C2CCN(C)CC2)CC1. The molecule has 2 fully saturated rings. The number of rotatable bonds is 6. The van der Waals surface area contributed by atoms with Crippen LogP contribution in [-0.4, -0.2) is 66.1 Å². The fourth-order valence-corrected chi connectivity index (χ4v) is 4.96. The summed E-state index contributed by atoms with van der Waals surface area (Å²) in [6.07, 6.45) is 2.15. The summed E-state index contributed by atoms with van der Waals surface area (Å²) in [7, 11) is 4.04. The molecule has 11 nitrogen and oxygen atoms in total. The van der Waals surface area contributed by atoms with E-state index < -0.39 is 16.0 Å². The summed E-state index contributed by atoms with van der Waals surface area (Å²) >= 11 is 0. The maximum Gasteiger partial charge on any atom is 0.519 e. The Morgan fingerprint density at radius 2 is 1.11 bits per heavy atom. The second-order valence-corrected chi connectivity index (χ2v) is 9.57. The van der Waals surface area contributed by atoms with Gasteiger partial charge in [-0.05, 0) is 89.9 Å². The van der Waals surface area contributed by atoms with Crippen molar-refractivity contribution >= 4 is 17.5 Å². The van der Waals surface area contributed by atoms with Gasteiger partial charge in [-0.3, -0.25) is 20.2 Å². The Morgan fingerprint density at radius 1 is 0.750 bits per heavy atom. The van der Waals surface area contributed by atoms with E-state index in [4.69, 9.17) is 9.47 Å². The predicted octanol–water partition coefficient (Wildman–Crippen LogP) is 4.70. The number of likely N-dealkylation sites (tertiary alicyclic amines) is 2. The first-order valence-corrected chi connectivity index (χ1v) is 12.0. The average molecular weight is 499 g/mol. The largest absolute Gasteiger partial charge is 0.519 e. The van der Waals surface area contributed by atoms with Gasteiger partial charge in [-0.25, -0.2) is 4.79 Å². The van der Waals surface area contributed by atoms with Gasteiger partial charge in [0.1, 0.15) is 11.5 Å². The van der Waals surface area contributed by atoms with E-state index >= 15 is 0 Å². The first-order valence-electron chi connectivity index (χ1n) is 12.0. The summed E-state index contributed by atoms with van der Waals surface area (Å²) in [6, 6.07) is 8.40. The van der Waals surface area contributed by atoms with Crippen LogP contribution in [0.4, 0.5) is 16.2 Å². The monoisotopic (exact) mass is 498 g/mol. The molecular weight excluding hydrogens is 468 g/mol. The zero-order chi connectivity index (χ0) is 25.8. The van der Waals surface area contributed by atoms with E-state index in [1.54, 1.807) is 0 Å². The third-order valence-corrected chi connectivity index (χ3v) is 7.11. The molecule has 0 atom stereocenters. The molecular formula is C25H30N4O7. The van der Waals surface area contributed by atoms with Crippen LogP contribution in [0.25, 0.3) is 0 Å². The molecule has 0 bridgehead atoms. The van der Waals surface area contributed by atoms with Crippen LogP contribution in [0.1, 0.15) is 48.6 Å². The van der Waals surface area contributed by atoms with Gasteiger partial charge in [0.05, 0.1) is 9.85 Å². The first kappa shape index (κ1) is 25.5. The Kier molecular flexibility index (Phi) is 7.80. The minimum absolute atomic E-state index is 0.0121. The van der Waals surface area contributed by atoms with Crippen LogP contribution in [-0.2, 0) is 0 Å². The minimum atomic E-state index is -0.985. The highest BCUT2D eigenvalue weighted by atomic mass is 16.7. The van der Waals surface area contributed by atoms with Gasteiger partial charge in [0.25, 0.3) is 11.4 Å². The lowest BCUT2D eigenvalue weighted by atomic mass is 9.88. The Bertz CT molecular complexity index is 1050. The molecule has 2 aliphatic rings. The average Bonchev–Trinajstić information content (AvgIpc) is 2.85. The Morgan fingerprint density at radius 3 is 1.44 bits per heavy atom. The fraction of sp³-hybridized carbons (Fsp3) is 0.480. The van der Waals surface area contributed by atoms with Crippen LogP contribution >= 0.6 is 0 Å². The zero-order valence-electron chi connectivity index (χ0n) is 20.4. The molecule has 2 aromatic carbocycles. The number of benzene rings is 2. The lowest BCUT2D eigenvalue weighted by Gasteiger charge is -2.30. The molecule has 0 N–H and O–H groups in total. The summed E-state index contributed by atoms with van der Waals surface area (Å²) < 4.78 is 11.1. The van der Waals surface area contributed by atoms with Crippen molar-refractivity contribution < 1.29 is 24.1 Å². The quantitative estimate of drug-likeness (QED) is 0.241. The van der Waals surface area contributed by atoms with Crippen LogP contribution in [0.3, 0.4) is 0 Å². The number of piperidine rings is 2. The highest BCUT2D eigenvalue weighted by molar-refractivity contribution is 5.69. The highest BCUT2D eigenvalue weighted by Gasteiger charge is 2.28. The van der Waals surface area contributed by atoms with Crippen LogP contribution in [0.5, 0.6) is 11.5 Å². The molecule has 0 aromatic heterocycles. The van der Waals surface area contributed by atoms with E-state index in [0.29, 0.717) is 11.1 Å². The van der Waals surface area contributed by atoms with E-state index in [2.05, 4.69) is 9.80 Å². The van der Waals surface area contributed by atoms with E-state index in [-0.39, 0.29) is 34.7 Å². The number of nitro benzene ring substituents is 2. The molecule has 11 heteroatoms. The molecule has 2 saturated heterocycles. The van der Waals surface area contributed by atoms with Crippen molar-refractivity contribution in [2.45, 2.75) is 37.5 Å². The summed E-state index contributed by atoms with van der Waals surface area (Å²) in [5.74, 6) is 0.474. The topological polar surface area (TPSA) is 128 Å². The lowest BCUT2D eigenvalue weighted by molar-refractivity contribution is -0.385. The number of non-ortho nitro benzene ring substituents is 2. The normalized spacial score (nSPS) is 18.1. The molecule has 2 aliphatic heterocycles. The van der Waals surface area contributed by atoms with Crippen LogP contribution in [0.2, 0.25) is 0 Å². The molecule has 4 rings (SSSR count). The van der Waals surface area contributed by atoms with Gasteiger partial charge in [0, 0.05) is 35.4 Å². The third kappa shape index (κ3) is 5.97. The van der Waals surface area contributed by atoms with E-state index in [1.165, 1.54) is 36.4 Å². The maximum absolute atomic E-state index is 12.9. The van der Waals surface area contributed by atoms with E-state index in [1.807, 2.05) is 14.1 Å². The van der Waals surface area contributed by atoms with Crippen molar-refractivity contribution in [2.24, 2.45) is 0 Å². The third-order valence-electron chi connectivity index (χ3n) is 7.11. The van der Waals surface area contributed by atoms with Crippen molar-refractivity contribution in [1.29, 1.82) is 0 Å². The molecule has 0 saturated carbocycles. The van der Waals surface area contributed by atoms with Crippen molar-refractivity contribution in [3.8, 4) is 11.5 Å². The van der Waals surface area contributed by atoms with E-state index in [9.17, 15) is 25.0 Å². The molecule has 36 heavy (non-hydrogen) atoms. The van der Waals surface area contributed by atoms with Crippen LogP contribution in [0, 0.1) is 20.2 Å². The second kappa shape index (κ2) is 11.0. The smallest absolute Gasteiger partial charge is 0.394 e. The van der Waals surface area contributed by atoms with Gasteiger partial charge in [-0.1, -0.05) is 0 Å². The zero-order valence-corrected chi connectivity index (χ0v) is 20.4. The number of ether oxygens (including phenoxy) is 2. The number of carbonyl (C=O) groups excluding carboxylic acids is 1. The summed E-state index contributed by atoms with van der Waals surface area (Å²) in [5.41, 5.74) is 1.08. The van der Waals surface area contributed by atoms with Crippen LogP contribution < -0.4 is 9.47 Å². The van der Waals surface area contributed by atoms with Crippen LogP contribution in [0.15, 0.2) is 36.4 Å². The van der Waals surface area contributed by atoms with Gasteiger partial charge >= 0.3 is 6.16 Å². The fourth-order valence-electron chi connectivity index (χ4n) is 4.96. The number of nitrogens with zero attached hydrogens (tertiary/aromatic N) is 4. The second-order valence-electron chi connectivity index (χ2n) is 9.57. The standard InChI is InChI=1S/C25H30N4O7/c1-26-11-7-17(8-12-26)21-15-19(28(31)32)3-5-23(21)35-25(30)36-24-6-4-20(29(33)34)16-22(24)18-9-13-27(2)14-10-18/h3-6,15-18H,7-14H2,1-2H3. The van der Waals surface area contributed by atoms with Gasteiger partial charge in [0.2, 0.25) is 0 Å². The highest BCUT2D eigenvalue weighted by Crippen LogP contribution is 2.38. The van der Waals surface area contributed by atoms with Crippen molar-refractivity contribution in [3.05, 3.63) is 67.8 Å². The van der Waals surface area contributed by atoms with Crippen molar-refractivity contribution in [3.63, 3.8) is 0 Å². The molecule has 0 amide bonds. The number of nitro groups is 2. The molecule has 0 spiro atoms. The molecule has 2 heterocycles. The van der Waals surface area contributed by atoms with Crippen molar-refractivity contribution in [1.82, 2.24) is 9.80 Å². The first-order chi connectivity index (χ1) is 17.2. The minimum Gasteiger partial charge on any atom is -0.394 e. The molecule has 192 valence electrons. The van der Waals surface area contributed by atoms with Gasteiger partial charge in [0.15, 0.2) is 0 Å². The number of hydrogen-bond acceptors (Lipinski definition) is 9. The summed E-state index contributed by atoms with van der Waals surface area (Å²) in [6.45, 7) is 3.33. The lowest BCUT2D eigenvalue weighted by Crippen LogP contribution is -2.30. The molecule has 0 aliphatic carbocycles. The summed E-state index contributed by atoms with van der Waals surface area (Å²) in [4.78, 5) is 39.0. The summed E-state index contributed by atoms with van der Waals surface area (Å²) in [5, 5.41) is 22.7. The predicted molar refractivity (Wildman–Crippen MR) is 132 cm³/mol. The maximum atomic E-state index is 12.9. The van der Waals surface area contributed by atoms with Gasteiger partial charge < -0.3 is 19.3 Å². The molecule has 2 aromatic rings. The number of hydrogen-bond donors (Lipinski definition) is 0.